The second-order valence-corrected chi connectivity index (χ2v) is 6.58. The average Bonchev–Trinajstić information content (AvgIpc) is 3.29. The Morgan fingerprint density at radius 2 is 2.08 bits per heavy atom. The zero-order chi connectivity index (χ0) is 17.6. The molecule has 1 saturated heterocycles. The molecule has 4 rings (SSSR count). The molecule has 3 aromatic rings. The van der Waals surface area contributed by atoms with Crippen LogP contribution in [0.1, 0.15) is 46.3 Å². The Labute approximate surface area is 144 Å². The maximum atomic E-state index is 12.3. The van der Waals surface area contributed by atoms with Crippen LogP contribution in [-0.2, 0) is 0 Å². The molecule has 7 heteroatoms. The summed E-state index contributed by atoms with van der Waals surface area (Å²) in [6.45, 7) is 4.97. The van der Waals surface area contributed by atoms with Crippen LogP contribution in [0.4, 0.5) is 0 Å². The topological polar surface area (TPSA) is 83.6 Å². The molecule has 0 radical (unpaired) electrons. The maximum absolute atomic E-state index is 12.3. The Morgan fingerprint density at radius 1 is 1.32 bits per heavy atom. The smallest absolute Gasteiger partial charge is 0.289 e. The maximum Gasteiger partial charge on any atom is 0.289 e. The number of fused-ring (bicyclic) bond motifs is 1. The number of aryl methyl sites for hydroxylation is 1. The second kappa shape index (κ2) is 5.91. The highest BCUT2D eigenvalue weighted by atomic mass is 16.3. The van der Waals surface area contributed by atoms with Gasteiger partial charge >= 0.3 is 0 Å². The van der Waals surface area contributed by atoms with Crippen molar-refractivity contribution < 1.29 is 9.21 Å². The van der Waals surface area contributed by atoms with Crippen molar-refractivity contribution in [1.82, 2.24) is 19.5 Å². The Morgan fingerprint density at radius 3 is 2.76 bits per heavy atom. The number of piperidine rings is 1. The Balaban J connectivity index is 1.53. The fourth-order valence-corrected chi connectivity index (χ4v) is 3.40. The van der Waals surface area contributed by atoms with Crippen LogP contribution in [0.5, 0.6) is 0 Å². The van der Waals surface area contributed by atoms with Crippen molar-refractivity contribution in [3.8, 4) is 0 Å². The molecule has 0 aliphatic carbocycles. The van der Waals surface area contributed by atoms with Crippen molar-refractivity contribution in [2.75, 3.05) is 13.1 Å². The van der Waals surface area contributed by atoms with Gasteiger partial charge in [-0.3, -0.25) is 14.7 Å². The molecule has 1 amide bonds. The number of likely N-dealkylation sites (tertiary alicyclic amines) is 1. The molecule has 0 saturated carbocycles. The van der Waals surface area contributed by atoms with Gasteiger partial charge in [-0.15, -0.1) is 0 Å². The van der Waals surface area contributed by atoms with Gasteiger partial charge in [0.05, 0.1) is 6.26 Å². The quantitative estimate of drug-likeness (QED) is 0.775. The number of rotatable bonds is 2. The van der Waals surface area contributed by atoms with Gasteiger partial charge in [-0.2, -0.15) is 0 Å². The molecule has 0 atom stereocenters. The molecule has 1 fully saturated rings. The lowest BCUT2D eigenvalue weighted by Crippen LogP contribution is -2.37. The normalized spacial score (nSPS) is 15.8. The van der Waals surface area contributed by atoms with Gasteiger partial charge in [0.2, 0.25) is 0 Å². The summed E-state index contributed by atoms with van der Waals surface area (Å²) >= 11 is 0. The summed E-state index contributed by atoms with van der Waals surface area (Å²) in [5.41, 5.74) is 3.01. The first-order valence-corrected chi connectivity index (χ1v) is 8.46. The molecular formula is C18H20N4O3. The van der Waals surface area contributed by atoms with E-state index in [0.29, 0.717) is 30.1 Å². The molecule has 0 aromatic carbocycles. The molecule has 3 aromatic heterocycles. The predicted molar refractivity (Wildman–Crippen MR) is 91.9 cm³/mol. The minimum Gasteiger partial charge on any atom is -0.459 e. The third kappa shape index (κ3) is 2.65. The van der Waals surface area contributed by atoms with Crippen LogP contribution in [0, 0.1) is 13.8 Å². The Hall–Kier alpha value is -2.83. The van der Waals surface area contributed by atoms with E-state index in [-0.39, 0.29) is 17.4 Å². The number of furan rings is 1. The van der Waals surface area contributed by atoms with E-state index >= 15 is 0 Å². The minimum absolute atomic E-state index is 0.0563. The van der Waals surface area contributed by atoms with Crippen molar-refractivity contribution in [3.05, 3.63) is 57.5 Å². The third-order valence-corrected chi connectivity index (χ3v) is 5.06. The molecule has 1 aliphatic rings. The summed E-state index contributed by atoms with van der Waals surface area (Å²) in [6.07, 6.45) is 3.19. The molecule has 4 heterocycles. The Kier molecular flexibility index (Phi) is 3.71. The zero-order valence-corrected chi connectivity index (χ0v) is 14.3. The van der Waals surface area contributed by atoms with Crippen LogP contribution in [-0.4, -0.2) is 38.5 Å². The fraction of sp³-hybridized carbons (Fsp3) is 0.389. The first kappa shape index (κ1) is 15.7. The van der Waals surface area contributed by atoms with Crippen molar-refractivity contribution in [2.24, 2.45) is 0 Å². The van der Waals surface area contributed by atoms with E-state index in [1.54, 1.807) is 19.1 Å². The molecule has 130 valence electrons. The summed E-state index contributed by atoms with van der Waals surface area (Å²) in [4.78, 5) is 31.0. The standard InChI is InChI=1S/C18H20N4O3/c1-11-12(2)19-16-10-14(20-22(16)17(11)23)13-5-7-21(8-6-13)18(24)15-4-3-9-25-15/h3-4,9-10,13,20H,5-8H2,1-2H3. The highest BCUT2D eigenvalue weighted by Gasteiger charge is 2.27. The largest absolute Gasteiger partial charge is 0.459 e. The highest BCUT2D eigenvalue weighted by Crippen LogP contribution is 2.28. The number of amides is 1. The average molecular weight is 340 g/mol. The third-order valence-electron chi connectivity index (χ3n) is 5.06. The van der Waals surface area contributed by atoms with E-state index in [0.717, 1.165) is 24.2 Å². The van der Waals surface area contributed by atoms with E-state index < -0.39 is 0 Å². The van der Waals surface area contributed by atoms with Crippen LogP contribution in [0.25, 0.3) is 5.65 Å². The van der Waals surface area contributed by atoms with Crippen molar-refractivity contribution in [3.63, 3.8) is 0 Å². The van der Waals surface area contributed by atoms with Crippen molar-refractivity contribution in [1.29, 1.82) is 0 Å². The summed E-state index contributed by atoms with van der Waals surface area (Å²) in [5, 5.41) is 3.19. The predicted octanol–water partition coefficient (Wildman–Crippen LogP) is 2.25. The van der Waals surface area contributed by atoms with Crippen LogP contribution >= 0.6 is 0 Å². The molecule has 0 unspecified atom stereocenters. The lowest BCUT2D eigenvalue weighted by atomic mass is 9.93. The van der Waals surface area contributed by atoms with E-state index in [1.807, 2.05) is 17.9 Å². The van der Waals surface area contributed by atoms with Crippen LogP contribution in [0.2, 0.25) is 0 Å². The van der Waals surface area contributed by atoms with Gasteiger partial charge in [-0.1, -0.05) is 0 Å². The number of hydrogen-bond donors (Lipinski definition) is 1. The van der Waals surface area contributed by atoms with Crippen molar-refractivity contribution >= 4 is 11.6 Å². The summed E-state index contributed by atoms with van der Waals surface area (Å²) in [7, 11) is 0. The van der Waals surface area contributed by atoms with Crippen LogP contribution in [0.15, 0.2) is 33.7 Å². The van der Waals surface area contributed by atoms with Crippen LogP contribution < -0.4 is 5.56 Å². The highest BCUT2D eigenvalue weighted by molar-refractivity contribution is 5.91. The van der Waals surface area contributed by atoms with Gasteiger partial charge in [-0.05, 0) is 38.8 Å². The van der Waals surface area contributed by atoms with Crippen LogP contribution in [0.3, 0.4) is 0 Å². The fourth-order valence-electron chi connectivity index (χ4n) is 3.40. The number of H-pyrrole nitrogens is 1. The molecule has 1 aliphatic heterocycles. The van der Waals surface area contributed by atoms with Gasteiger partial charge in [0.1, 0.15) is 0 Å². The van der Waals surface area contributed by atoms with Gasteiger partial charge in [0.25, 0.3) is 11.5 Å². The summed E-state index contributed by atoms with van der Waals surface area (Å²) < 4.78 is 6.70. The van der Waals surface area contributed by atoms with E-state index in [1.165, 1.54) is 10.8 Å². The molecular weight excluding hydrogens is 320 g/mol. The molecule has 0 spiro atoms. The first-order valence-electron chi connectivity index (χ1n) is 8.46. The summed E-state index contributed by atoms with van der Waals surface area (Å²) in [5.74, 6) is 0.595. The molecule has 7 nitrogen and oxygen atoms in total. The lowest BCUT2D eigenvalue weighted by molar-refractivity contribution is 0.0680. The van der Waals surface area contributed by atoms with E-state index in [4.69, 9.17) is 4.42 Å². The summed E-state index contributed by atoms with van der Waals surface area (Å²) in [6, 6.07) is 5.36. The number of nitrogens with zero attached hydrogens (tertiary/aromatic N) is 3. The molecule has 25 heavy (non-hydrogen) atoms. The minimum atomic E-state index is -0.0655. The van der Waals surface area contributed by atoms with Gasteiger partial charge < -0.3 is 9.32 Å². The number of carbonyl (C=O) groups excluding carboxylic acids is 1. The number of aromatic amines is 1. The van der Waals surface area contributed by atoms with Gasteiger partial charge in [-0.25, -0.2) is 9.50 Å². The second-order valence-electron chi connectivity index (χ2n) is 6.58. The zero-order valence-electron chi connectivity index (χ0n) is 14.3. The number of nitrogens with one attached hydrogen (secondary N) is 1. The monoisotopic (exact) mass is 340 g/mol. The molecule has 1 N–H and O–H groups in total. The SMILES string of the molecule is Cc1nc2cc(C3CCN(C(=O)c4ccco4)CC3)[nH]n2c(=O)c1C. The van der Waals surface area contributed by atoms with E-state index in [9.17, 15) is 9.59 Å². The lowest BCUT2D eigenvalue weighted by Gasteiger charge is -2.30. The van der Waals surface area contributed by atoms with E-state index in [2.05, 4.69) is 10.1 Å². The number of aromatic nitrogens is 3. The van der Waals surface area contributed by atoms with Gasteiger partial charge in [0.15, 0.2) is 11.4 Å². The number of hydrogen-bond acceptors (Lipinski definition) is 4. The number of carbonyl (C=O) groups is 1. The van der Waals surface area contributed by atoms with Crippen molar-refractivity contribution in [2.45, 2.75) is 32.6 Å². The molecule has 0 bridgehead atoms. The first-order chi connectivity index (χ1) is 12.0. The Bertz CT molecular complexity index is 976. The van der Waals surface area contributed by atoms with Gasteiger partial charge in [0, 0.05) is 42.0 Å².